The molecular weight excluding hydrogens is 821 g/mol. The molecule has 68 heavy (non-hydrogen) atoms. The minimum Gasteiger partial charge on any atom is -0.256 e. The van der Waals surface area contributed by atoms with Gasteiger partial charge in [0.2, 0.25) is 0 Å². The van der Waals surface area contributed by atoms with Gasteiger partial charge >= 0.3 is 0 Å². The lowest BCUT2D eigenvalue weighted by atomic mass is 9.93. The highest BCUT2D eigenvalue weighted by Gasteiger charge is 2.23. The van der Waals surface area contributed by atoms with Crippen LogP contribution in [-0.2, 0) is 0 Å². The van der Waals surface area contributed by atoms with Crippen molar-refractivity contribution in [2.45, 2.75) is 0 Å². The van der Waals surface area contributed by atoms with E-state index in [9.17, 15) is 0 Å². The van der Waals surface area contributed by atoms with Gasteiger partial charge in [-0.3, -0.25) is 9.97 Å². The maximum absolute atomic E-state index is 4.57. The molecule has 0 atom stereocenters. The van der Waals surface area contributed by atoms with Crippen molar-refractivity contribution in [1.82, 2.24) is 9.97 Å². The normalized spacial score (nSPS) is 11.5. The lowest BCUT2D eigenvalue weighted by Crippen LogP contribution is -1.88. The molecule has 0 bridgehead atoms. The van der Waals surface area contributed by atoms with Gasteiger partial charge in [0.05, 0.1) is 11.4 Å². The Morgan fingerprint density at radius 2 is 0.544 bits per heavy atom. The minimum absolute atomic E-state index is 0.995. The first kappa shape index (κ1) is 39.4. The Bertz CT molecular complexity index is 3850. The maximum atomic E-state index is 4.57. The number of hydrogen-bond acceptors (Lipinski definition) is 2. The smallest absolute Gasteiger partial charge is 0.0708 e. The zero-order chi connectivity index (χ0) is 45.0. The fourth-order valence-electron chi connectivity index (χ4n) is 10.5. The van der Waals surface area contributed by atoms with E-state index in [-0.39, 0.29) is 0 Å². The van der Waals surface area contributed by atoms with Gasteiger partial charge in [0, 0.05) is 23.5 Å². The summed E-state index contributed by atoms with van der Waals surface area (Å²) >= 11 is 0. The van der Waals surface area contributed by atoms with Crippen molar-refractivity contribution in [3.8, 4) is 112 Å². The van der Waals surface area contributed by atoms with Gasteiger partial charge in [-0.1, -0.05) is 194 Å². The molecule has 0 spiro atoms. The fourth-order valence-corrected chi connectivity index (χ4v) is 10.5. The second-order valence-corrected chi connectivity index (χ2v) is 17.7. The van der Waals surface area contributed by atoms with Gasteiger partial charge in [-0.05, 0) is 159 Å². The molecule has 2 heteroatoms. The van der Waals surface area contributed by atoms with Crippen LogP contribution in [0.4, 0.5) is 0 Å². The molecule has 14 rings (SSSR count). The van der Waals surface area contributed by atoms with Gasteiger partial charge in [-0.15, -0.1) is 0 Å². The molecule has 2 aromatic heterocycles. The van der Waals surface area contributed by atoms with Gasteiger partial charge in [0.1, 0.15) is 0 Å². The molecule has 10 aromatic carbocycles. The number of rotatable bonds is 6. The maximum Gasteiger partial charge on any atom is 0.0708 e. The van der Waals surface area contributed by atoms with Gasteiger partial charge in [0.25, 0.3) is 0 Å². The molecule has 2 nitrogen and oxygen atoms in total. The summed E-state index contributed by atoms with van der Waals surface area (Å²) in [5.74, 6) is 0. The first-order valence-electron chi connectivity index (χ1n) is 23.3. The van der Waals surface area contributed by atoms with Crippen molar-refractivity contribution in [3.05, 3.63) is 255 Å². The van der Waals surface area contributed by atoms with E-state index in [4.69, 9.17) is 0 Å². The molecule has 0 aliphatic heterocycles. The van der Waals surface area contributed by atoms with Crippen LogP contribution in [0.15, 0.2) is 255 Å². The highest BCUT2D eigenvalue weighted by molar-refractivity contribution is 6.17. The van der Waals surface area contributed by atoms with Crippen molar-refractivity contribution >= 4 is 21.5 Å². The number of aromatic nitrogens is 2. The molecule has 0 saturated carbocycles. The topological polar surface area (TPSA) is 25.8 Å². The molecule has 12 aromatic rings. The average molecular weight is 863 g/mol. The van der Waals surface area contributed by atoms with Crippen LogP contribution < -0.4 is 0 Å². The van der Waals surface area contributed by atoms with Crippen molar-refractivity contribution in [3.63, 3.8) is 0 Å². The summed E-state index contributed by atoms with van der Waals surface area (Å²) < 4.78 is 0. The zero-order valence-corrected chi connectivity index (χ0v) is 37.1. The predicted octanol–water partition coefficient (Wildman–Crippen LogP) is 17.8. The SMILES string of the molecule is c1ccc(-c2ccc(-c3ccc(-c4cc5c6c(cccc6c4)-c4ccccc4-5)cc3)cc2)nc1.c1ccc(-c2ccccc2-c2ccc(-c3cc4c5c(cccc5c3)-c3ccccc3-4)cc2)nc1. The number of fused-ring (bicyclic) bond motifs is 6. The first-order valence-corrected chi connectivity index (χ1v) is 23.3. The van der Waals surface area contributed by atoms with Crippen LogP contribution in [-0.4, -0.2) is 9.97 Å². The van der Waals surface area contributed by atoms with E-state index in [1.807, 2.05) is 42.7 Å². The second-order valence-electron chi connectivity index (χ2n) is 17.7. The van der Waals surface area contributed by atoms with Gasteiger partial charge in [-0.25, -0.2) is 0 Å². The average Bonchev–Trinajstić information content (AvgIpc) is 3.93. The summed E-state index contributed by atoms with van der Waals surface area (Å²) in [4.78, 5) is 9.02. The van der Waals surface area contributed by atoms with Gasteiger partial charge < -0.3 is 0 Å². The second kappa shape index (κ2) is 16.5. The molecule has 0 fully saturated rings. The van der Waals surface area contributed by atoms with Crippen LogP contribution in [0.1, 0.15) is 0 Å². The summed E-state index contributed by atoms with van der Waals surface area (Å²) in [6.45, 7) is 0. The Labute approximate surface area is 396 Å². The van der Waals surface area contributed by atoms with Crippen LogP contribution in [0.25, 0.3) is 133 Å². The van der Waals surface area contributed by atoms with Gasteiger partial charge in [0.15, 0.2) is 0 Å². The van der Waals surface area contributed by atoms with Crippen molar-refractivity contribution in [2.24, 2.45) is 0 Å². The van der Waals surface area contributed by atoms with E-state index >= 15 is 0 Å². The fraction of sp³-hybridized carbons (Fsp3) is 0. The van der Waals surface area contributed by atoms with E-state index in [1.54, 1.807) is 0 Å². The monoisotopic (exact) mass is 862 g/mol. The standard InChI is InChI=1S/2C33H21N/c1-4-12-29(32-14-5-6-19-34-32)26(9-1)23-17-15-22(16-18-23)25-20-24-8-7-13-30-27-10-2-3-11-28(27)31(21-25)33(24)30;1-2-8-29-28(7-1)30-9-5-6-26-20-27(21-31(29)33(26)30)24-13-11-22(12-14-24)23-15-17-25(18-16-23)32-10-3-4-19-34-32/h2*1-21H. The molecule has 316 valence electrons. The Morgan fingerprint density at radius 3 is 1.00 bits per heavy atom. The Morgan fingerprint density at radius 1 is 0.191 bits per heavy atom. The Hall–Kier alpha value is -8.98. The van der Waals surface area contributed by atoms with Crippen LogP contribution in [0.2, 0.25) is 0 Å². The number of nitrogens with zero attached hydrogens (tertiary/aromatic N) is 2. The molecule has 2 aliphatic rings. The van der Waals surface area contributed by atoms with E-state index in [0.717, 1.165) is 22.5 Å². The van der Waals surface area contributed by atoms with E-state index < -0.39 is 0 Å². The molecular formula is C66H42N2. The summed E-state index contributed by atoms with van der Waals surface area (Å²) in [6, 6.07) is 87.2. The molecule has 0 N–H and O–H groups in total. The van der Waals surface area contributed by atoms with Crippen LogP contribution in [0, 0.1) is 0 Å². The van der Waals surface area contributed by atoms with Crippen molar-refractivity contribution < 1.29 is 0 Å². The predicted molar refractivity (Wildman–Crippen MR) is 285 cm³/mol. The summed E-state index contributed by atoms with van der Waals surface area (Å²) in [5.41, 5.74) is 24.8. The first-order chi connectivity index (χ1) is 33.7. The minimum atomic E-state index is 0.995. The Kier molecular flexibility index (Phi) is 9.54. The van der Waals surface area contributed by atoms with Crippen LogP contribution >= 0.6 is 0 Å². The lowest BCUT2D eigenvalue weighted by Gasteiger charge is -2.11. The Balaban J connectivity index is 0.000000134. The largest absolute Gasteiger partial charge is 0.256 e. The van der Waals surface area contributed by atoms with E-state index in [1.165, 1.54) is 111 Å². The molecule has 0 unspecified atom stereocenters. The van der Waals surface area contributed by atoms with E-state index in [2.05, 4.69) is 222 Å². The summed E-state index contributed by atoms with van der Waals surface area (Å²) in [6.07, 6.45) is 3.68. The number of benzene rings is 10. The third-order valence-electron chi connectivity index (χ3n) is 13.8. The molecule has 0 radical (unpaired) electrons. The third-order valence-corrected chi connectivity index (χ3v) is 13.8. The number of hydrogen-bond donors (Lipinski definition) is 0. The summed E-state index contributed by atoms with van der Waals surface area (Å²) in [7, 11) is 0. The van der Waals surface area contributed by atoms with E-state index in [0.29, 0.717) is 0 Å². The number of pyridine rings is 2. The van der Waals surface area contributed by atoms with Crippen LogP contribution in [0.5, 0.6) is 0 Å². The highest BCUT2D eigenvalue weighted by Crippen LogP contribution is 2.50. The molecule has 2 heterocycles. The molecule has 2 aliphatic carbocycles. The van der Waals surface area contributed by atoms with Crippen molar-refractivity contribution in [2.75, 3.05) is 0 Å². The van der Waals surface area contributed by atoms with Gasteiger partial charge in [-0.2, -0.15) is 0 Å². The molecule has 0 saturated heterocycles. The third kappa shape index (κ3) is 6.82. The molecule has 0 amide bonds. The van der Waals surface area contributed by atoms with Crippen molar-refractivity contribution in [1.29, 1.82) is 0 Å². The summed E-state index contributed by atoms with van der Waals surface area (Å²) in [5, 5.41) is 5.34. The van der Waals surface area contributed by atoms with Crippen LogP contribution in [0.3, 0.4) is 0 Å². The zero-order valence-electron chi connectivity index (χ0n) is 37.1. The lowest BCUT2D eigenvalue weighted by molar-refractivity contribution is 1.33. The quantitative estimate of drug-likeness (QED) is 0.166. The highest BCUT2D eigenvalue weighted by atomic mass is 14.7.